The van der Waals surface area contributed by atoms with Gasteiger partial charge in [-0.05, 0) is 19.1 Å². The molecule has 0 N–H and O–H groups in total. The maximum Gasteiger partial charge on any atom is 0.311 e. The summed E-state index contributed by atoms with van der Waals surface area (Å²) in [5.41, 5.74) is 2.03. The van der Waals surface area contributed by atoms with E-state index in [2.05, 4.69) is 0 Å². The molecule has 1 aliphatic rings. The highest BCUT2D eigenvalue weighted by molar-refractivity contribution is 6.02. The first-order chi connectivity index (χ1) is 12.8. The Kier molecular flexibility index (Phi) is 5.17. The van der Waals surface area contributed by atoms with Gasteiger partial charge in [-0.1, -0.05) is 18.2 Å². The first-order valence-corrected chi connectivity index (χ1v) is 8.91. The number of hydrogen-bond donors (Lipinski definition) is 0. The molecule has 6 nitrogen and oxygen atoms in total. The average Bonchev–Trinajstić information content (AvgIpc) is 2.99. The quantitative estimate of drug-likeness (QED) is 0.599. The molecule has 6 heteroatoms. The summed E-state index contributed by atoms with van der Waals surface area (Å²) in [5.74, 6) is -1.67. The van der Waals surface area contributed by atoms with Crippen LogP contribution in [0, 0.1) is 11.8 Å². The van der Waals surface area contributed by atoms with Crippen LogP contribution in [0.1, 0.15) is 23.8 Å². The van der Waals surface area contributed by atoms with Gasteiger partial charge in [0.15, 0.2) is 11.6 Å². The Morgan fingerprint density at radius 3 is 2.52 bits per heavy atom. The van der Waals surface area contributed by atoms with Gasteiger partial charge in [0.2, 0.25) is 0 Å². The van der Waals surface area contributed by atoms with E-state index in [1.54, 1.807) is 18.1 Å². The number of ketones is 2. The Balaban J connectivity index is 1.97. The van der Waals surface area contributed by atoms with Crippen molar-refractivity contribution in [2.24, 2.45) is 18.9 Å². The van der Waals surface area contributed by atoms with E-state index in [1.807, 2.05) is 41.9 Å². The number of carbonyl (C=O) groups is 3. The zero-order valence-electron chi connectivity index (χ0n) is 16.1. The van der Waals surface area contributed by atoms with E-state index in [0.717, 1.165) is 10.9 Å². The Morgan fingerprint density at radius 1 is 1.19 bits per heavy atom. The number of para-hydroxylation sites is 1. The first-order valence-electron chi connectivity index (χ1n) is 8.91. The van der Waals surface area contributed by atoms with Crippen LogP contribution in [0.3, 0.4) is 0 Å². The van der Waals surface area contributed by atoms with Gasteiger partial charge in [0, 0.05) is 55.7 Å². The number of nitrogens with zero attached hydrogens (tertiary/aromatic N) is 2. The molecule has 0 saturated carbocycles. The van der Waals surface area contributed by atoms with Crippen LogP contribution in [0.15, 0.2) is 42.1 Å². The van der Waals surface area contributed by atoms with Crippen molar-refractivity contribution >= 4 is 28.4 Å². The third-order valence-corrected chi connectivity index (χ3v) is 5.28. The number of hydrogen-bond acceptors (Lipinski definition) is 5. The maximum absolute atomic E-state index is 13.1. The van der Waals surface area contributed by atoms with Gasteiger partial charge < -0.3 is 14.2 Å². The van der Waals surface area contributed by atoms with E-state index in [0.29, 0.717) is 17.8 Å². The molecular weight excluding hydrogens is 344 g/mol. The van der Waals surface area contributed by atoms with Gasteiger partial charge in [-0.2, -0.15) is 0 Å². The van der Waals surface area contributed by atoms with E-state index < -0.39 is 17.8 Å². The van der Waals surface area contributed by atoms with Gasteiger partial charge in [-0.3, -0.25) is 14.4 Å². The van der Waals surface area contributed by atoms with Gasteiger partial charge in [-0.15, -0.1) is 0 Å². The lowest BCUT2D eigenvalue weighted by atomic mass is 9.78. The molecule has 0 amide bonds. The topological polar surface area (TPSA) is 68.6 Å². The molecule has 27 heavy (non-hydrogen) atoms. The highest BCUT2D eigenvalue weighted by atomic mass is 16.5. The molecule has 142 valence electrons. The van der Waals surface area contributed by atoms with Gasteiger partial charge in [0.05, 0.1) is 18.7 Å². The number of methoxy groups -OCH3 is 1. The largest absolute Gasteiger partial charge is 0.469 e. The molecule has 1 aliphatic heterocycles. The number of benzene rings is 1. The lowest BCUT2D eigenvalue weighted by Gasteiger charge is -2.34. The third kappa shape index (κ3) is 3.52. The summed E-state index contributed by atoms with van der Waals surface area (Å²) in [7, 11) is 4.99. The number of carbonyl (C=O) groups excluding carboxylic acids is 3. The minimum atomic E-state index is -0.553. The summed E-state index contributed by atoms with van der Waals surface area (Å²) in [5, 5.41) is 0.985. The minimum Gasteiger partial charge on any atom is -0.469 e. The fraction of sp³-hybridized carbons (Fsp3) is 0.381. The van der Waals surface area contributed by atoms with Crippen LogP contribution in [0.5, 0.6) is 0 Å². The normalized spacial score (nSPS) is 19.7. The fourth-order valence-electron chi connectivity index (χ4n) is 3.90. The van der Waals surface area contributed by atoms with Crippen molar-refractivity contribution in [1.82, 2.24) is 9.47 Å². The number of Topliss-reactive ketones (excluding diaryl/α,β-unsaturated/α-hetero) is 2. The number of aromatic nitrogens is 1. The second-order valence-electron chi connectivity index (χ2n) is 7.09. The van der Waals surface area contributed by atoms with Crippen molar-refractivity contribution < 1.29 is 19.1 Å². The van der Waals surface area contributed by atoms with Crippen LogP contribution < -0.4 is 0 Å². The molecule has 1 aromatic heterocycles. The summed E-state index contributed by atoms with van der Waals surface area (Å²) in [6, 6.07) is 9.63. The van der Waals surface area contributed by atoms with Gasteiger partial charge in [-0.25, -0.2) is 0 Å². The summed E-state index contributed by atoms with van der Waals surface area (Å²) in [6.07, 6.45) is 1.82. The molecule has 0 unspecified atom stereocenters. The second kappa shape index (κ2) is 7.39. The lowest BCUT2D eigenvalue weighted by molar-refractivity contribution is -0.147. The van der Waals surface area contributed by atoms with Crippen LogP contribution in [-0.4, -0.2) is 47.7 Å². The number of esters is 1. The van der Waals surface area contributed by atoms with Gasteiger partial charge in [0.25, 0.3) is 0 Å². The lowest BCUT2D eigenvalue weighted by Crippen LogP contribution is -2.41. The van der Waals surface area contributed by atoms with E-state index in [9.17, 15) is 14.4 Å². The Morgan fingerprint density at radius 2 is 1.89 bits per heavy atom. The van der Waals surface area contributed by atoms with Crippen LogP contribution in [0.2, 0.25) is 0 Å². The minimum absolute atomic E-state index is 0.0865. The smallest absolute Gasteiger partial charge is 0.311 e. The summed E-state index contributed by atoms with van der Waals surface area (Å²) in [6.45, 7) is 1.88. The van der Waals surface area contributed by atoms with Crippen molar-refractivity contribution in [2.45, 2.75) is 13.3 Å². The Hall–Kier alpha value is -2.89. The van der Waals surface area contributed by atoms with Crippen LogP contribution in [-0.2, 0) is 21.4 Å². The monoisotopic (exact) mass is 368 g/mol. The standard InChI is InChI=1S/C21H24N2O4/c1-13(24)16-11-22(2)12-17(21(26)27-4)15(16)10-20(25)19-9-14-7-5-6-8-18(14)23(19)3/h5-9,11,15,17H,10,12H2,1-4H3/t15-,17+/m0/s1. The maximum atomic E-state index is 13.1. The van der Waals surface area contributed by atoms with Crippen molar-refractivity contribution in [3.8, 4) is 0 Å². The fourth-order valence-corrected chi connectivity index (χ4v) is 3.90. The van der Waals surface area contributed by atoms with Crippen LogP contribution in [0.25, 0.3) is 10.9 Å². The van der Waals surface area contributed by atoms with Crippen molar-refractivity contribution in [3.63, 3.8) is 0 Å². The Bertz CT molecular complexity index is 941. The number of fused-ring (bicyclic) bond motifs is 1. The highest BCUT2D eigenvalue weighted by Gasteiger charge is 2.39. The first kappa shape index (κ1) is 18.9. The van der Waals surface area contributed by atoms with Crippen molar-refractivity contribution in [2.75, 3.05) is 20.7 Å². The van der Waals surface area contributed by atoms with Crippen molar-refractivity contribution in [1.29, 1.82) is 0 Å². The predicted molar refractivity (Wildman–Crippen MR) is 102 cm³/mol. The summed E-state index contributed by atoms with van der Waals surface area (Å²) < 4.78 is 6.79. The van der Waals surface area contributed by atoms with Gasteiger partial charge >= 0.3 is 5.97 Å². The van der Waals surface area contributed by atoms with Crippen LogP contribution in [0.4, 0.5) is 0 Å². The molecule has 1 aromatic carbocycles. The van der Waals surface area contributed by atoms with Gasteiger partial charge in [0.1, 0.15) is 0 Å². The third-order valence-electron chi connectivity index (χ3n) is 5.28. The molecule has 0 aliphatic carbocycles. The predicted octanol–water partition coefficient (Wildman–Crippen LogP) is 2.57. The molecule has 0 spiro atoms. The molecule has 3 rings (SSSR count). The van der Waals surface area contributed by atoms with E-state index in [1.165, 1.54) is 14.0 Å². The summed E-state index contributed by atoms with van der Waals surface area (Å²) >= 11 is 0. The van der Waals surface area contributed by atoms with Crippen LogP contribution >= 0.6 is 0 Å². The molecule has 2 heterocycles. The Labute approximate surface area is 158 Å². The molecule has 2 atom stereocenters. The molecule has 0 saturated heterocycles. The number of ether oxygens (including phenoxy) is 1. The number of allylic oxidation sites excluding steroid dienone is 1. The molecule has 2 aromatic rings. The number of rotatable bonds is 5. The second-order valence-corrected chi connectivity index (χ2v) is 7.09. The molecule has 0 radical (unpaired) electrons. The highest BCUT2D eigenvalue weighted by Crippen LogP contribution is 2.33. The van der Waals surface area contributed by atoms with Crippen molar-refractivity contribution in [3.05, 3.63) is 47.8 Å². The van der Waals surface area contributed by atoms with E-state index in [-0.39, 0.29) is 18.0 Å². The van der Waals surface area contributed by atoms with E-state index in [4.69, 9.17) is 4.74 Å². The molecule has 0 fully saturated rings. The SMILES string of the molecule is COC(=O)[C@@H]1CN(C)C=C(C(C)=O)[C@@H]1CC(=O)c1cc2ccccc2n1C. The van der Waals surface area contributed by atoms with E-state index >= 15 is 0 Å². The molecule has 0 bridgehead atoms. The average molecular weight is 368 g/mol. The molecular formula is C21H24N2O4. The zero-order chi connectivity index (χ0) is 19.7. The number of aryl methyl sites for hydroxylation is 1. The zero-order valence-corrected chi connectivity index (χ0v) is 16.1. The summed E-state index contributed by atoms with van der Waals surface area (Å²) in [4.78, 5) is 39.4.